The lowest BCUT2D eigenvalue weighted by atomic mass is 10.1. The maximum atomic E-state index is 13.4. The van der Waals surface area contributed by atoms with Gasteiger partial charge in [0.2, 0.25) is 0 Å². The van der Waals surface area contributed by atoms with Gasteiger partial charge in [-0.3, -0.25) is 18.9 Å². The Bertz CT molecular complexity index is 1480. The van der Waals surface area contributed by atoms with Gasteiger partial charge in [0.05, 0.1) is 29.4 Å². The monoisotopic (exact) mass is 504 g/mol. The summed E-state index contributed by atoms with van der Waals surface area (Å²) in [4.78, 5) is 32.8. The largest absolute Gasteiger partial charge is 0.467 e. The van der Waals surface area contributed by atoms with Crippen molar-refractivity contribution in [3.05, 3.63) is 105 Å². The Morgan fingerprint density at radius 2 is 1.91 bits per heavy atom. The van der Waals surface area contributed by atoms with E-state index in [-0.39, 0.29) is 35.9 Å². The molecule has 3 aromatic heterocycles. The molecule has 176 valence electrons. The van der Waals surface area contributed by atoms with Gasteiger partial charge in [0.1, 0.15) is 21.5 Å². The molecule has 1 fully saturated rings. The number of hydrogen-bond donors (Lipinski definition) is 2. The van der Waals surface area contributed by atoms with E-state index in [9.17, 15) is 14.7 Å². The molecule has 0 saturated carbocycles. The molecule has 0 aliphatic carbocycles. The molecule has 35 heavy (non-hydrogen) atoms. The fourth-order valence-electron chi connectivity index (χ4n) is 3.68. The van der Waals surface area contributed by atoms with Crippen molar-refractivity contribution in [1.82, 2.24) is 14.3 Å². The van der Waals surface area contributed by atoms with E-state index in [2.05, 4.69) is 10.3 Å². The van der Waals surface area contributed by atoms with Gasteiger partial charge in [-0.25, -0.2) is 4.98 Å². The minimum atomic E-state index is -0.813. The number of thioether (sulfide) groups is 1. The predicted octanol–water partition coefficient (Wildman–Crippen LogP) is 3.83. The Labute approximate surface area is 209 Å². The van der Waals surface area contributed by atoms with E-state index in [0.717, 1.165) is 17.3 Å². The topological polar surface area (TPSA) is 100 Å². The van der Waals surface area contributed by atoms with E-state index in [0.29, 0.717) is 20.6 Å². The van der Waals surface area contributed by atoms with Crippen LogP contribution in [0, 0.1) is 0 Å². The van der Waals surface area contributed by atoms with Crippen LogP contribution in [0.25, 0.3) is 11.7 Å². The molecular formula is C25H20N4O4S2. The molecule has 5 rings (SSSR count). The number of pyridine rings is 1. The van der Waals surface area contributed by atoms with Gasteiger partial charge < -0.3 is 14.8 Å². The maximum Gasteiger partial charge on any atom is 0.267 e. The average Bonchev–Trinajstić information content (AvgIpc) is 3.49. The summed E-state index contributed by atoms with van der Waals surface area (Å²) < 4.78 is 7.13. The Hall–Kier alpha value is -3.73. The van der Waals surface area contributed by atoms with Gasteiger partial charge in [0.15, 0.2) is 0 Å². The van der Waals surface area contributed by atoms with Crippen LogP contribution < -0.4 is 10.9 Å². The predicted molar refractivity (Wildman–Crippen MR) is 139 cm³/mol. The minimum Gasteiger partial charge on any atom is -0.467 e. The van der Waals surface area contributed by atoms with Crippen LogP contribution in [0.1, 0.15) is 23.0 Å². The first-order chi connectivity index (χ1) is 17.0. The van der Waals surface area contributed by atoms with Crippen molar-refractivity contribution < 1.29 is 14.3 Å². The summed E-state index contributed by atoms with van der Waals surface area (Å²) >= 11 is 6.52. The molecule has 1 aromatic carbocycles. The summed E-state index contributed by atoms with van der Waals surface area (Å²) in [5.74, 6) is 0.559. The molecule has 1 saturated heterocycles. The number of carbonyl (C=O) groups excluding carboxylic acids is 1. The average molecular weight is 505 g/mol. The van der Waals surface area contributed by atoms with Crippen LogP contribution in [-0.2, 0) is 11.3 Å². The first kappa shape index (κ1) is 23.0. The fraction of sp³-hybridized carbons (Fsp3) is 0.120. The number of rotatable bonds is 7. The first-order valence-corrected chi connectivity index (χ1v) is 12.0. The lowest BCUT2D eigenvalue weighted by Gasteiger charge is -2.15. The lowest BCUT2D eigenvalue weighted by molar-refractivity contribution is -0.122. The minimum absolute atomic E-state index is 0.125. The molecule has 4 aromatic rings. The van der Waals surface area contributed by atoms with E-state index in [1.165, 1.54) is 21.6 Å². The lowest BCUT2D eigenvalue weighted by Crippen LogP contribution is -2.27. The molecule has 0 bridgehead atoms. The number of nitrogens with one attached hydrogen (secondary N) is 1. The summed E-state index contributed by atoms with van der Waals surface area (Å²) in [6.07, 6.45) is 3.85. The SMILES string of the molecule is O=C1C(=Cc2c(NCC(O)c3ccccc3)nc3ccccn3c2=O)SC(=S)N1Cc1ccco1. The number of hydrogen-bond acceptors (Lipinski definition) is 8. The van der Waals surface area contributed by atoms with E-state index in [1.54, 1.807) is 36.5 Å². The van der Waals surface area contributed by atoms with Crippen LogP contribution in [0.3, 0.4) is 0 Å². The van der Waals surface area contributed by atoms with Crippen LogP contribution in [0.15, 0.2) is 87.2 Å². The Kier molecular flexibility index (Phi) is 6.49. The molecule has 1 aliphatic rings. The Balaban J connectivity index is 1.49. The molecule has 10 heteroatoms. The number of nitrogens with zero attached hydrogens (tertiary/aromatic N) is 3. The van der Waals surface area contributed by atoms with Crippen molar-refractivity contribution >= 4 is 51.7 Å². The van der Waals surface area contributed by atoms with Gasteiger partial charge in [-0.15, -0.1) is 0 Å². The van der Waals surface area contributed by atoms with Gasteiger partial charge in [0.25, 0.3) is 11.5 Å². The first-order valence-electron chi connectivity index (χ1n) is 10.8. The zero-order valence-electron chi connectivity index (χ0n) is 18.3. The highest BCUT2D eigenvalue weighted by Crippen LogP contribution is 2.34. The summed E-state index contributed by atoms with van der Waals surface area (Å²) in [5.41, 5.74) is 1.03. The summed E-state index contributed by atoms with van der Waals surface area (Å²) in [6.45, 7) is 0.331. The van der Waals surface area contributed by atoms with E-state index < -0.39 is 6.10 Å². The van der Waals surface area contributed by atoms with Gasteiger partial charge in [0, 0.05) is 12.7 Å². The molecular weight excluding hydrogens is 484 g/mol. The number of fused-ring (bicyclic) bond motifs is 1. The standard InChI is InChI=1S/C25H20N4O4S2/c30-19(16-7-2-1-3-8-16)14-26-22-18(23(31)28-11-5-4-10-21(28)27-22)13-20-24(32)29(25(34)35-20)15-17-9-6-12-33-17/h1-13,19,26,30H,14-15H2. The quantitative estimate of drug-likeness (QED) is 0.289. The smallest absolute Gasteiger partial charge is 0.267 e. The van der Waals surface area contributed by atoms with E-state index in [1.807, 2.05) is 30.3 Å². The molecule has 1 unspecified atom stereocenters. The number of benzene rings is 1. The van der Waals surface area contributed by atoms with E-state index in [4.69, 9.17) is 16.6 Å². The normalized spacial score (nSPS) is 15.8. The molecule has 4 heterocycles. The number of aliphatic hydroxyl groups is 1. The van der Waals surface area contributed by atoms with Crippen molar-refractivity contribution in [2.45, 2.75) is 12.6 Å². The van der Waals surface area contributed by atoms with Crippen molar-refractivity contribution in [2.75, 3.05) is 11.9 Å². The molecule has 0 radical (unpaired) electrons. The third kappa shape index (κ3) is 4.76. The van der Waals surface area contributed by atoms with Crippen molar-refractivity contribution in [3.63, 3.8) is 0 Å². The van der Waals surface area contributed by atoms with Gasteiger partial charge in [-0.2, -0.15) is 0 Å². The molecule has 1 atom stereocenters. The zero-order valence-corrected chi connectivity index (χ0v) is 20.0. The third-order valence-corrected chi connectivity index (χ3v) is 6.84. The number of thiocarbonyl (C=S) groups is 1. The number of amides is 1. The summed E-state index contributed by atoms with van der Waals surface area (Å²) in [6, 6.07) is 17.9. The number of carbonyl (C=O) groups is 1. The fourth-order valence-corrected chi connectivity index (χ4v) is 4.92. The highest BCUT2D eigenvalue weighted by Gasteiger charge is 2.33. The van der Waals surface area contributed by atoms with E-state index >= 15 is 0 Å². The summed E-state index contributed by atoms with van der Waals surface area (Å²) in [5, 5.41) is 13.7. The highest BCUT2D eigenvalue weighted by atomic mass is 32.2. The van der Waals surface area contributed by atoms with Crippen molar-refractivity contribution in [3.8, 4) is 0 Å². The summed E-state index contributed by atoms with van der Waals surface area (Å²) in [7, 11) is 0. The Morgan fingerprint density at radius 3 is 2.69 bits per heavy atom. The molecule has 1 aliphatic heterocycles. The molecule has 0 spiro atoms. The second kappa shape index (κ2) is 9.87. The Morgan fingerprint density at radius 1 is 1.11 bits per heavy atom. The van der Waals surface area contributed by atoms with Crippen molar-refractivity contribution in [2.24, 2.45) is 0 Å². The number of anilines is 1. The van der Waals surface area contributed by atoms with Crippen LogP contribution >= 0.6 is 24.0 Å². The van der Waals surface area contributed by atoms with Crippen LogP contribution in [0.4, 0.5) is 5.82 Å². The molecule has 2 N–H and O–H groups in total. The van der Waals surface area contributed by atoms with Gasteiger partial charge in [-0.1, -0.05) is 60.4 Å². The zero-order chi connectivity index (χ0) is 24.4. The number of aromatic nitrogens is 2. The van der Waals surface area contributed by atoms with Gasteiger partial charge in [-0.05, 0) is 35.9 Å². The number of aliphatic hydroxyl groups excluding tert-OH is 1. The molecule has 8 nitrogen and oxygen atoms in total. The highest BCUT2D eigenvalue weighted by molar-refractivity contribution is 8.26. The molecule has 1 amide bonds. The second-order valence-electron chi connectivity index (χ2n) is 7.76. The van der Waals surface area contributed by atoms with Gasteiger partial charge >= 0.3 is 0 Å². The van der Waals surface area contributed by atoms with Crippen LogP contribution in [0.2, 0.25) is 0 Å². The number of furan rings is 1. The van der Waals surface area contributed by atoms with Crippen LogP contribution in [-0.4, -0.2) is 36.2 Å². The van der Waals surface area contributed by atoms with Crippen LogP contribution in [0.5, 0.6) is 0 Å². The maximum absolute atomic E-state index is 13.4. The second-order valence-corrected chi connectivity index (χ2v) is 9.44. The third-order valence-electron chi connectivity index (χ3n) is 5.46. The van der Waals surface area contributed by atoms with Crippen molar-refractivity contribution in [1.29, 1.82) is 0 Å².